The van der Waals surface area contributed by atoms with Crippen molar-refractivity contribution in [2.45, 2.75) is 12.8 Å². The number of carboxylic acid groups (broad SMARTS) is 1. The highest BCUT2D eigenvalue weighted by atomic mass is 16.4. The van der Waals surface area contributed by atoms with Crippen molar-refractivity contribution in [2.75, 3.05) is 0 Å². The number of aliphatic carboxylic acids is 1. The van der Waals surface area contributed by atoms with Crippen molar-refractivity contribution in [2.24, 2.45) is 10.6 Å². The number of oxime groups is 1. The van der Waals surface area contributed by atoms with Crippen LogP contribution in [-0.4, -0.2) is 22.5 Å². The molecule has 0 spiro atoms. The second kappa shape index (κ2) is 1.72. The van der Waals surface area contributed by atoms with Crippen LogP contribution in [0.4, 0.5) is 0 Å². The maximum absolute atomic E-state index is 10.3. The molecule has 0 aromatic heterocycles. The Bertz CT molecular complexity index is 160. The van der Waals surface area contributed by atoms with Crippen LogP contribution in [-0.2, 0) is 4.79 Å². The molecule has 50 valence electrons. The van der Waals surface area contributed by atoms with Gasteiger partial charge in [-0.05, 0) is 12.8 Å². The smallest absolute Gasteiger partial charge is 0.315 e. The van der Waals surface area contributed by atoms with Gasteiger partial charge in [0.2, 0.25) is 0 Å². The summed E-state index contributed by atoms with van der Waals surface area (Å²) in [6, 6.07) is 0. The SMILES string of the molecule is O=C(O)C1(C=NO)CC1. The van der Waals surface area contributed by atoms with Crippen molar-refractivity contribution in [1.29, 1.82) is 0 Å². The van der Waals surface area contributed by atoms with Gasteiger partial charge < -0.3 is 10.3 Å². The monoisotopic (exact) mass is 129 g/mol. The largest absolute Gasteiger partial charge is 0.481 e. The summed E-state index contributed by atoms with van der Waals surface area (Å²) in [5.41, 5.74) is -0.825. The fourth-order valence-corrected chi connectivity index (χ4v) is 0.643. The minimum atomic E-state index is -0.903. The van der Waals surface area contributed by atoms with Crippen LogP contribution < -0.4 is 0 Å². The number of carbonyl (C=O) groups is 1. The molecule has 1 rings (SSSR count). The standard InChI is InChI=1S/C5H7NO3/c7-4(8)5(1-2-5)3-6-9/h3,9H,1-2H2,(H,7,8). The molecular formula is C5H7NO3. The minimum absolute atomic E-state index is 0.590. The number of hydrogen-bond acceptors (Lipinski definition) is 3. The molecule has 2 N–H and O–H groups in total. The second-order valence-electron chi connectivity index (χ2n) is 2.21. The third-order valence-corrected chi connectivity index (χ3v) is 1.52. The maximum Gasteiger partial charge on any atom is 0.315 e. The zero-order valence-corrected chi connectivity index (χ0v) is 4.74. The molecule has 0 saturated heterocycles. The average Bonchev–Trinajstić information content (AvgIpc) is 2.49. The van der Waals surface area contributed by atoms with E-state index in [1.54, 1.807) is 0 Å². The molecule has 1 saturated carbocycles. The fraction of sp³-hybridized carbons (Fsp3) is 0.600. The van der Waals surface area contributed by atoms with Crippen LogP contribution in [0.15, 0.2) is 5.16 Å². The van der Waals surface area contributed by atoms with E-state index in [1.165, 1.54) is 0 Å². The molecule has 0 atom stereocenters. The molecule has 0 unspecified atom stereocenters. The summed E-state index contributed by atoms with van der Waals surface area (Å²) in [7, 11) is 0. The molecule has 0 aliphatic heterocycles. The van der Waals surface area contributed by atoms with Crippen LogP contribution in [0, 0.1) is 5.41 Å². The van der Waals surface area contributed by atoms with Crippen LogP contribution in [0.25, 0.3) is 0 Å². The van der Waals surface area contributed by atoms with E-state index in [1.807, 2.05) is 0 Å². The van der Waals surface area contributed by atoms with E-state index in [0.717, 1.165) is 6.21 Å². The van der Waals surface area contributed by atoms with Crippen LogP contribution in [0.5, 0.6) is 0 Å². The van der Waals surface area contributed by atoms with Gasteiger partial charge in [0, 0.05) is 0 Å². The van der Waals surface area contributed by atoms with Gasteiger partial charge in [-0.3, -0.25) is 4.79 Å². The highest BCUT2D eigenvalue weighted by Gasteiger charge is 2.49. The molecule has 0 aromatic rings. The predicted octanol–water partition coefficient (Wildman–Crippen LogP) is 0.311. The van der Waals surface area contributed by atoms with Crippen LogP contribution >= 0.6 is 0 Å². The number of rotatable bonds is 2. The maximum atomic E-state index is 10.3. The van der Waals surface area contributed by atoms with Crippen molar-refractivity contribution in [3.63, 3.8) is 0 Å². The first-order chi connectivity index (χ1) is 4.21. The molecular weight excluding hydrogens is 122 g/mol. The summed E-state index contributed by atoms with van der Waals surface area (Å²) in [5.74, 6) is -0.903. The Morgan fingerprint density at radius 2 is 2.22 bits per heavy atom. The van der Waals surface area contributed by atoms with Gasteiger partial charge in [0.05, 0.1) is 6.21 Å². The Balaban J connectivity index is 2.63. The first-order valence-electron chi connectivity index (χ1n) is 2.63. The van der Waals surface area contributed by atoms with Crippen molar-refractivity contribution < 1.29 is 15.1 Å². The van der Waals surface area contributed by atoms with Crippen molar-refractivity contribution in [1.82, 2.24) is 0 Å². The third kappa shape index (κ3) is 0.872. The zero-order valence-electron chi connectivity index (χ0n) is 4.74. The summed E-state index contributed by atoms with van der Waals surface area (Å²) in [5, 5.41) is 19.1. The van der Waals surface area contributed by atoms with Gasteiger partial charge in [-0.1, -0.05) is 0 Å². The highest BCUT2D eigenvalue weighted by molar-refractivity contribution is 5.97. The Kier molecular flexibility index (Phi) is 1.16. The third-order valence-electron chi connectivity index (χ3n) is 1.52. The molecule has 0 amide bonds. The Morgan fingerprint density at radius 1 is 1.67 bits per heavy atom. The molecule has 0 bridgehead atoms. The lowest BCUT2D eigenvalue weighted by Crippen LogP contribution is -2.15. The van der Waals surface area contributed by atoms with Crippen LogP contribution in [0.3, 0.4) is 0 Å². The summed E-state index contributed by atoms with van der Waals surface area (Å²) < 4.78 is 0. The van der Waals surface area contributed by atoms with E-state index in [9.17, 15) is 4.79 Å². The fourth-order valence-electron chi connectivity index (χ4n) is 0.643. The minimum Gasteiger partial charge on any atom is -0.481 e. The quantitative estimate of drug-likeness (QED) is 0.320. The van der Waals surface area contributed by atoms with Gasteiger partial charge >= 0.3 is 5.97 Å². The molecule has 1 aliphatic rings. The molecule has 4 heteroatoms. The Labute approximate surface area is 51.8 Å². The van der Waals surface area contributed by atoms with Gasteiger partial charge in [-0.25, -0.2) is 0 Å². The Hall–Kier alpha value is -1.06. The number of nitrogens with zero attached hydrogens (tertiary/aromatic N) is 1. The normalized spacial score (nSPS) is 22.2. The number of hydrogen-bond donors (Lipinski definition) is 2. The number of carboxylic acids is 1. The lowest BCUT2D eigenvalue weighted by atomic mass is 10.1. The van der Waals surface area contributed by atoms with Crippen molar-refractivity contribution in [3.8, 4) is 0 Å². The van der Waals surface area contributed by atoms with Crippen LogP contribution in [0.1, 0.15) is 12.8 Å². The lowest BCUT2D eigenvalue weighted by molar-refractivity contribution is -0.140. The van der Waals surface area contributed by atoms with E-state index in [2.05, 4.69) is 5.16 Å². The van der Waals surface area contributed by atoms with E-state index >= 15 is 0 Å². The topological polar surface area (TPSA) is 69.9 Å². The summed E-state index contributed by atoms with van der Waals surface area (Å²) in [6.45, 7) is 0. The van der Waals surface area contributed by atoms with E-state index in [-0.39, 0.29) is 0 Å². The van der Waals surface area contributed by atoms with E-state index in [4.69, 9.17) is 10.3 Å². The van der Waals surface area contributed by atoms with Crippen LogP contribution in [0.2, 0.25) is 0 Å². The second-order valence-corrected chi connectivity index (χ2v) is 2.21. The predicted molar refractivity (Wildman–Crippen MR) is 29.6 cm³/mol. The van der Waals surface area contributed by atoms with Crippen molar-refractivity contribution >= 4 is 12.2 Å². The molecule has 1 fully saturated rings. The first-order valence-corrected chi connectivity index (χ1v) is 2.63. The average molecular weight is 129 g/mol. The summed E-state index contributed by atoms with van der Waals surface area (Å²) in [4.78, 5) is 10.3. The van der Waals surface area contributed by atoms with Crippen molar-refractivity contribution in [3.05, 3.63) is 0 Å². The summed E-state index contributed by atoms with van der Waals surface area (Å²) >= 11 is 0. The highest BCUT2D eigenvalue weighted by Crippen LogP contribution is 2.43. The van der Waals surface area contributed by atoms with Gasteiger partial charge in [-0.15, -0.1) is 5.16 Å². The molecule has 1 aliphatic carbocycles. The first kappa shape index (κ1) is 6.07. The molecule has 0 aromatic carbocycles. The van der Waals surface area contributed by atoms with E-state index in [0.29, 0.717) is 12.8 Å². The van der Waals surface area contributed by atoms with E-state index < -0.39 is 11.4 Å². The van der Waals surface area contributed by atoms with Gasteiger partial charge in [-0.2, -0.15) is 0 Å². The zero-order chi connectivity index (χ0) is 6.91. The Morgan fingerprint density at radius 3 is 2.33 bits per heavy atom. The van der Waals surface area contributed by atoms with Gasteiger partial charge in [0.1, 0.15) is 5.41 Å². The molecule has 9 heavy (non-hydrogen) atoms. The molecule has 0 radical (unpaired) electrons. The lowest BCUT2D eigenvalue weighted by Gasteiger charge is -1.96. The van der Waals surface area contributed by atoms with Gasteiger partial charge in [0.15, 0.2) is 0 Å². The molecule has 4 nitrogen and oxygen atoms in total. The molecule has 0 heterocycles. The summed E-state index contributed by atoms with van der Waals surface area (Å²) in [6.07, 6.45) is 2.26. The van der Waals surface area contributed by atoms with Gasteiger partial charge in [0.25, 0.3) is 0 Å².